The SMILES string of the molecule is C=C(OCC(=O)NC)C(C)=O. The summed E-state index contributed by atoms with van der Waals surface area (Å²) in [6.07, 6.45) is 0. The Morgan fingerprint density at radius 1 is 1.55 bits per heavy atom. The summed E-state index contributed by atoms with van der Waals surface area (Å²) in [7, 11) is 1.49. The van der Waals surface area contributed by atoms with Crippen molar-refractivity contribution < 1.29 is 14.3 Å². The molecule has 1 N–H and O–H groups in total. The number of ether oxygens (including phenoxy) is 1. The molecule has 0 bridgehead atoms. The van der Waals surface area contributed by atoms with E-state index in [9.17, 15) is 9.59 Å². The van der Waals surface area contributed by atoms with Gasteiger partial charge in [-0.05, 0) is 0 Å². The molecule has 0 aliphatic heterocycles. The minimum Gasteiger partial charge on any atom is -0.481 e. The summed E-state index contributed by atoms with van der Waals surface area (Å²) in [5.41, 5.74) is 0. The fourth-order valence-electron chi connectivity index (χ4n) is 0.326. The number of nitrogens with one attached hydrogen (secondary N) is 1. The molecule has 4 nitrogen and oxygen atoms in total. The molecule has 62 valence electrons. The molecule has 0 saturated carbocycles. The first kappa shape index (κ1) is 9.68. The highest BCUT2D eigenvalue weighted by atomic mass is 16.5. The summed E-state index contributed by atoms with van der Waals surface area (Å²) in [6, 6.07) is 0. The van der Waals surface area contributed by atoms with Gasteiger partial charge in [0.05, 0.1) is 0 Å². The van der Waals surface area contributed by atoms with Gasteiger partial charge in [-0.1, -0.05) is 6.58 Å². The van der Waals surface area contributed by atoms with Gasteiger partial charge in [0.1, 0.15) is 0 Å². The molecule has 0 aromatic carbocycles. The van der Waals surface area contributed by atoms with Crippen LogP contribution in [-0.4, -0.2) is 25.3 Å². The second kappa shape index (κ2) is 4.49. The molecule has 0 aliphatic rings. The van der Waals surface area contributed by atoms with Crippen LogP contribution in [0.5, 0.6) is 0 Å². The van der Waals surface area contributed by atoms with Crippen molar-refractivity contribution in [3.63, 3.8) is 0 Å². The van der Waals surface area contributed by atoms with Gasteiger partial charge in [-0.15, -0.1) is 0 Å². The number of hydrogen-bond donors (Lipinski definition) is 1. The van der Waals surface area contributed by atoms with E-state index in [1.807, 2.05) is 0 Å². The van der Waals surface area contributed by atoms with Crippen molar-refractivity contribution in [1.82, 2.24) is 5.32 Å². The van der Waals surface area contributed by atoms with Crippen LogP contribution in [0.25, 0.3) is 0 Å². The lowest BCUT2D eigenvalue weighted by molar-refractivity contribution is -0.125. The smallest absolute Gasteiger partial charge is 0.257 e. The zero-order valence-corrected chi connectivity index (χ0v) is 6.64. The van der Waals surface area contributed by atoms with Crippen LogP contribution < -0.4 is 5.32 Å². The van der Waals surface area contributed by atoms with Crippen LogP contribution >= 0.6 is 0 Å². The standard InChI is InChI=1S/C7H11NO3/c1-5(9)6(2)11-4-7(10)8-3/h2,4H2,1,3H3,(H,8,10). The molecule has 0 aromatic heterocycles. The lowest BCUT2D eigenvalue weighted by atomic mass is 10.4. The number of Topliss-reactive ketones (excluding diaryl/α,β-unsaturated/α-hetero) is 1. The number of rotatable bonds is 4. The molecule has 0 aromatic rings. The molecule has 0 atom stereocenters. The monoisotopic (exact) mass is 157 g/mol. The number of carbonyl (C=O) groups excluding carboxylic acids is 2. The van der Waals surface area contributed by atoms with Crippen LogP contribution in [0.15, 0.2) is 12.3 Å². The van der Waals surface area contributed by atoms with E-state index >= 15 is 0 Å². The molecule has 0 aliphatic carbocycles. The number of amides is 1. The predicted molar refractivity (Wildman–Crippen MR) is 39.8 cm³/mol. The Bertz CT molecular complexity index is 186. The maximum atomic E-state index is 10.6. The second-order valence-corrected chi connectivity index (χ2v) is 1.94. The molecule has 0 rings (SSSR count). The summed E-state index contributed by atoms with van der Waals surface area (Å²) in [5.74, 6) is -0.546. The lowest BCUT2D eigenvalue weighted by Crippen LogP contribution is -2.23. The number of allylic oxidation sites excluding steroid dienone is 1. The first-order chi connectivity index (χ1) is 5.07. The summed E-state index contributed by atoms with van der Waals surface area (Å²) in [4.78, 5) is 21.0. The molecule has 1 amide bonds. The Balaban J connectivity index is 3.63. The summed E-state index contributed by atoms with van der Waals surface area (Å²) in [6.45, 7) is 4.48. The van der Waals surface area contributed by atoms with E-state index in [2.05, 4.69) is 11.9 Å². The van der Waals surface area contributed by atoms with E-state index in [1.165, 1.54) is 14.0 Å². The topological polar surface area (TPSA) is 55.4 Å². The molecule has 0 radical (unpaired) electrons. The molecule has 4 heteroatoms. The maximum absolute atomic E-state index is 10.6. The summed E-state index contributed by atoms with van der Waals surface area (Å²) in [5, 5.41) is 2.34. The minimum atomic E-state index is -0.285. The Hall–Kier alpha value is -1.32. The van der Waals surface area contributed by atoms with Crippen LogP contribution in [0.2, 0.25) is 0 Å². The molecule has 0 spiro atoms. The van der Waals surface area contributed by atoms with Gasteiger partial charge in [-0.3, -0.25) is 9.59 Å². The third kappa shape index (κ3) is 4.13. The molecule has 11 heavy (non-hydrogen) atoms. The van der Waals surface area contributed by atoms with Crippen LogP contribution in [0.1, 0.15) is 6.92 Å². The fraction of sp³-hybridized carbons (Fsp3) is 0.429. The van der Waals surface area contributed by atoms with Crippen molar-refractivity contribution >= 4 is 11.7 Å². The highest BCUT2D eigenvalue weighted by Crippen LogP contribution is 1.93. The van der Waals surface area contributed by atoms with Crippen molar-refractivity contribution in [2.24, 2.45) is 0 Å². The van der Waals surface area contributed by atoms with Crippen molar-refractivity contribution in [2.75, 3.05) is 13.7 Å². The largest absolute Gasteiger partial charge is 0.481 e. The normalized spacial score (nSPS) is 8.55. The quantitative estimate of drug-likeness (QED) is 0.456. The third-order valence-electron chi connectivity index (χ3n) is 1.05. The Kier molecular flexibility index (Phi) is 3.95. The van der Waals surface area contributed by atoms with E-state index in [1.54, 1.807) is 0 Å². The number of hydrogen-bond acceptors (Lipinski definition) is 3. The predicted octanol–water partition coefficient (Wildman–Crippen LogP) is -0.148. The molecule has 0 unspecified atom stereocenters. The first-order valence-electron chi connectivity index (χ1n) is 3.11. The van der Waals surface area contributed by atoms with Gasteiger partial charge in [-0.2, -0.15) is 0 Å². The van der Waals surface area contributed by atoms with Gasteiger partial charge < -0.3 is 10.1 Å². The molecule has 0 fully saturated rings. The van der Waals surface area contributed by atoms with E-state index < -0.39 is 0 Å². The average Bonchev–Trinajstić information content (AvgIpc) is 1.99. The highest BCUT2D eigenvalue weighted by molar-refractivity contribution is 5.91. The molecular weight excluding hydrogens is 146 g/mol. The third-order valence-corrected chi connectivity index (χ3v) is 1.05. The van der Waals surface area contributed by atoms with Crippen molar-refractivity contribution in [3.05, 3.63) is 12.3 Å². The summed E-state index contributed by atoms with van der Waals surface area (Å²) >= 11 is 0. The lowest BCUT2D eigenvalue weighted by Gasteiger charge is -2.03. The number of likely N-dealkylation sites (N-methyl/N-ethyl adjacent to an activating group) is 1. The fourth-order valence-corrected chi connectivity index (χ4v) is 0.326. The Labute approximate surface area is 65.2 Å². The van der Waals surface area contributed by atoms with E-state index in [-0.39, 0.29) is 24.1 Å². The van der Waals surface area contributed by atoms with E-state index in [4.69, 9.17) is 4.74 Å². The van der Waals surface area contributed by atoms with E-state index in [0.29, 0.717) is 0 Å². The van der Waals surface area contributed by atoms with Gasteiger partial charge in [0, 0.05) is 14.0 Å². The summed E-state index contributed by atoms with van der Waals surface area (Å²) < 4.78 is 4.70. The van der Waals surface area contributed by atoms with Crippen LogP contribution in [-0.2, 0) is 14.3 Å². The van der Waals surface area contributed by atoms with Crippen LogP contribution in [0.3, 0.4) is 0 Å². The zero-order chi connectivity index (χ0) is 8.85. The van der Waals surface area contributed by atoms with E-state index in [0.717, 1.165) is 0 Å². The Morgan fingerprint density at radius 2 is 2.09 bits per heavy atom. The number of carbonyl (C=O) groups is 2. The van der Waals surface area contributed by atoms with Gasteiger partial charge in [-0.25, -0.2) is 0 Å². The van der Waals surface area contributed by atoms with Gasteiger partial charge in [0.25, 0.3) is 5.91 Å². The van der Waals surface area contributed by atoms with Crippen molar-refractivity contribution in [1.29, 1.82) is 0 Å². The first-order valence-corrected chi connectivity index (χ1v) is 3.11. The Morgan fingerprint density at radius 3 is 2.45 bits per heavy atom. The van der Waals surface area contributed by atoms with Crippen molar-refractivity contribution in [2.45, 2.75) is 6.92 Å². The van der Waals surface area contributed by atoms with Crippen LogP contribution in [0.4, 0.5) is 0 Å². The van der Waals surface area contributed by atoms with Gasteiger partial charge >= 0.3 is 0 Å². The molecular formula is C7H11NO3. The van der Waals surface area contributed by atoms with Gasteiger partial charge in [0.2, 0.25) is 0 Å². The molecule has 0 heterocycles. The zero-order valence-electron chi connectivity index (χ0n) is 6.64. The average molecular weight is 157 g/mol. The minimum absolute atomic E-state index is 0.00796. The second-order valence-electron chi connectivity index (χ2n) is 1.94. The van der Waals surface area contributed by atoms with Crippen molar-refractivity contribution in [3.8, 4) is 0 Å². The highest BCUT2D eigenvalue weighted by Gasteiger charge is 2.03. The van der Waals surface area contributed by atoms with Crippen LogP contribution in [0, 0.1) is 0 Å². The maximum Gasteiger partial charge on any atom is 0.257 e. The number of ketones is 1. The van der Waals surface area contributed by atoms with Gasteiger partial charge in [0.15, 0.2) is 18.1 Å². The molecule has 0 saturated heterocycles.